The maximum absolute atomic E-state index is 10.5. The Balaban J connectivity index is 1.97. The number of nitrogens with one attached hydrogen (secondary N) is 1. The van der Waals surface area contributed by atoms with E-state index < -0.39 is 5.97 Å². The Bertz CT molecular complexity index is 481. The number of aromatic nitrogens is 3. The third-order valence-corrected chi connectivity index (χ3v) is 1.84. The molecule has 6 nitrogen and oxygen atoms in total. The summed E-state index contributed by atoms with van der Waals surface area (Å²) in [7, 11) is 0. The lowest BCUT2D eigenvalue weighted by Crippen LogP contribution is -2.00. The second kappa shape index (κ2) is 4.43. The van der Waals surface area contributed by atoms with Crippen molar-refractivity contribution < 1.29 is 14.6 Å². The number of carboxylic acids is 1. The molecular weight excluding hydrogens is 210 g/mol. The van der Waals surface area contributed by atoms with Gasteiger partial charge in [-0.25, -0.2) is 9.78 Å². The molecule has 0 amide bonds. The van der Waals surface area contributed by atoms with Crippen molar-refractivity contribution in [3.8, 4) is 5.75 Å². The molecule has 0 aliphatic heterocycles. The van der Waals surface area contributed by atoms with E-state index in [1.54, 1.807) is 12.1 Å². The average Bonchev–Trinajstić information content (AvgIpc) is 2.76. The van der Waals surface area contributed by atoms with E-state index in [4.69, 9.17) is 9.84 Å². The van der Waals surface area contributed by atoms with Gasteiger partial charge in [0.1, 0.15) is 12.4 Å². The first kappa shape index (κ1) is 10.2. The molecule has 0 aliphatic rings. The first-order valence-electron chi connectivity index (χ1n) is 4.58. The number of nitrogens with zero attached hydrogens (tertiary/aromatic N) is 2. The zero-order chi connectivity index (χ0) is 11.4. The number of carboxylic acid groups (broad SMARTS) is 1. The molecule has 0 saturated heterocycles. The monoisotopic (exact) mass is 219 g/mol. The molecule has 1 aromatic heterocycles. The second-order valence-corrected chi connectivity index (χ2v) is 3.01. The molecule has 0 bridgehead atoms. The SMILES string of the molecule is O=C(O)c1n[nH]c(COc2ccccc2)n1. The summed E-state index contributed by atoms with van der Waals surface area (Å²) in [5.41, 5.74) is 0. The van der Waals surface area contributed by atoms with Crippen molar-refractivity contribution in [3.63, 3.8) is 0 Å². The maximum Gasteiger partial charge on any atom is 0.375 e. The summed E-state index contributed by atoms with van der Waals surface area (Å²) in [6, 6.07) is 9.17. The highest BCUT2D eigenvalue weighted by atomic mass is 16.5. The van der Waals surface area contributed by atoms with Crippen LogP contribution in [0.2, 0.25) is 0 Å². The number of carbonyl (C=O) groups is 1. The molecule has 0 unspecified atom stereocenters. The second-order valence-electron chi connectivity index (χ2n) is 3.01. The van der Waals surface area contributed by atoms with E-state index in [0.717, 1.165) is 0 Å². The van der Waals surface area contributed by atoms with Crippen LogP contribution in [0.25, 0.3) is 0 Å². The van der Waals surface area contributed by atoms with Crippen molar-refractivity contribution in [1.82, 2.24) is 15.2 Å². The molecule has 0 spiro atoms. The predicted molar refractivity (Wildman–Crippen MR) is 54.1 cm³/mol. The van der Waals surface area contributed by atoms with E-state index in [-0.39, 0.29) is 12.4 Å². The lowest BCUT2D eigenvalue weighted by molar-refractivity contribution is 0.0684. The third kappa shape index (κ3) is 2.35. The van der Waals surface area contributed by atoms with Crippen molar-refractivity contribution in [2.75, 3.05) is 0 Å². The number of hydrogen-bond acceptors (Lipinski definition) is 4. The number of benzene rings is 1. The number of rotatable bonds is 4. The van der Waals surface area contributed by atoms with Gasteiger partial charge in [-0.15, -0.1) is 5.10 Å². The predicted octanol–water partition coefficient (Wildman–Crippen LogP) is 1.08. The molecule has 2 N–H and O–H groups in total. The van der Waals surface area contributed by atoms with Gasteiger partial charge in [0.05, 0.1) is 0 Å². The quantitative estimate of drug-likeness (QED) is 0.803. The number of ether oxygens (including phenoxy) is 1. The minimum Gasteiger partial charge on any atom is -0.486 e. The van der Waals surface area contributed by atoms with Crippen molar-refractivity contribution >= 4 is 5.97 Å². The highest BCUT2D eigenvalue weighted by Gasteiger charge is 2.10. The molecule has 82 valence electrons. The van der Waals surface area contributed by atoms with Gasteiger partial charge in [-0.2, -0.15) is 0 Å². The Morgan fingerprint density at radius 2 is 2.12 bits per heavy atom. The van der Waals surface area contributed by atoms with Gasteiger partial charge in [-0.1, -0.05) is 18.2 Å². The number of aromatic amines is 1. The standard InChI is InChI=1S/C10H9N3O3/c14-10(15)9-11-8(12-13-9)6-16-7-4-2-1-3-5-7/h1-5H,6H2,(H,14,15)(H,11,12,13). The van der Waals surface area contributed by atoms with Crippen LogP contribution in [0.1, 0.15) is 16.4 Å². The van der Waals surface area contributed by atoms with Crippen molar-refractivity contribution in [1.29, 1.82) is 0 Å². The Morgan fingerprint density at radius 3 is 2.75 bits per heavy atom. The fraction of sp³-hybridized carbons (Fsp3) is 0.100. The van der Waals surface area contributed by atoms with E-state index in [0.29, 0.717) is 11.6 Å². The van der Waals surface area contributed by atoms with Crippen LogP contribution < -0.4 is 4.74 Å². The summed E-state index contributed by atoms with van der Waals surface area (Å²) in [6.45, 7) is 0.157. The van der Waals surface area contributed by atoms with Gasteiger partial charge in [-0.05, 0) is 12.1 Å². The topological polar surface area (TPSA) is 88.1 Å². The molecule has 0 saturated carbocycles. The van der Waals surface area contributed by atoms with Gasteiger partial charge in [-0.3, -0.25) is 5.10 Å². The van der Waals surface area contributed by atoms with Gasteiger partial charge in [0.2, 0.25) is 0 Å². The summed E-state index contributed by atoms with van der Waals surface area (Å²) in [4.78, 5) is 14.2. The minimum absolute atomic E-state index is 0.157. The van der Waals surface area contributed by atoms with E-state index >= 15 is 0 Å². The molecule has 0 atom stereocenters. The zero-order valence-corrected chi connectivity index (χ0v) is 8.25. The molecule has 2 rings (SSSR count). The van der Waals surface area contributed by atoms with Gasteiger partial charge in [0.15, 0.2) is 5.82 Å². The van der Waals surface area contributed by atoms with E-state index in [2.05, 4.69) is 15.2 Å². The van der Waals surface area contributed by atoms with Crippen molar-refractivity contribution in [3.05, 3.63) is 42.0 Å². The van der Waals surface area contributed by atoms with E-state index in [9.17, 15) is 4.79 Å². The summed E-state index contributed by atoms with van der Waals surface area (Å²) in [5, 5.41) is 14.6. The molecule has 16 heavy (non-hydrogen) atoms. The summed E-state index contributed by atoms with van der Waals surface area (Å²) in [5.74, 6) is -0.356. The van der Waals surface area contributed by atoms with Crippen LogP contribution in [0, 0.1) is 0 Å². The molecule has 0 radical (unpaired) electrons. The fourth-order valence-corrected chi connectivity index (χ4v) is 1.12. The average molecular weight is 219 g/mol. The zero-order valence-electron chi connectivity index (χ0n) is 8.25. The highest BCUT2D eigenvalue weighted by Crippen LogP contribution is 2.09. The third-order valence-electron chi connectivity index (χ3n) is 1.84. The first-order valence-corrected chi connectivity index (χ1v) is 4.58. The first-order chi connectivity index (χ1) is 7.75. The van der Waals surface area contributed by atoms with Crippen LogP contribution in [0.4, 0.5) is 0 Å². The molecule has 2 aromatic rings. The van der Waals surface area contributed by atoms with E-state index in [1.807, 2.05) is 18.2 Å². The molecule has 0 aliphatic carbocycles. The molecule has 0 fully saturated rings. The van der Waals surface area contributed by atoms with E-state index in [1.165, 1.54) is 0 Å². The molecular formula is C10H9N3O3. The van der Waals surface area contributed by atoms with Crippen LogP contribution in [-0.4, -0.2) is 26.3 Å². The van der Waals surface area contributed by atoms with Crippen LogP contribution in [0.5, 0.6) is 5.75 Å². The van der Waals surface area contributed by atoms with Gasteiger partial charge in [0.25, 0.3) is 5.82 Å². The van der Waals surface area contributed by atoms with Gasteiger partial charge < -0.3 is 9.84 Å². The van der Waals surface area contributed by atoms with Crippen molar-refractivity contribution in [2.24, 2.45) is 0 Å². The van der Waals surface area contributed by atoms with Gasteiger partial charge in [0, 0.05) is 0 Å². The van der Waals surface area contributed by atoms with Crippen LogP contribution in [0.15, 0.2) is 30.3 Å². The smallest absolute Gasteiger partial charge is 0.375 e. The van der Waals surface area contributed by atoms with Crippen LogP contribution in [0.3, 0.4) is 0 Å². The fourth-order valence-electron chi connectivity index (χ4n) is 1.12. The number of para-hydroxylation sites is 1. The number of aromatic carboxylic acids is 1. The Kier molecular flexibility index (Phi) is 2.81. The summed E-state index contributed by atoms with van der Waals surface area (Å²) < 4.78 is 5.36. The summed E-state index contributed by atoms with van der Waals surface area (Å²) in [6.07, 6.45) is 0. The lowest BCUT2D eigenvalue weighted by Gasteiger charge is -2.01. The molecule has 6 heteroatoms. The number of H-pyrrole nitrogens is 1. The Hall–Kier alpha value is -2.37. The Morgan fingerprint density at radius 1 is 1.38 bits per heavy atom. The lowest BCUT2D eigenvalue weighted by atomic mass is 10.3. The molecule has 1 aromatic carbocycles. The van der Waals surface area contributed by atoms with Gasteiger partial charge >= 0.3 is 5.97 Å². The minimum atomic E-state index is -1.16. The van der Waals surface area contributed by atoms with Crippen LogP contribution in [-0.2, 0) is 6.61 Å². The highest BCUT2D eigenvalue weighted by molar-refractivity contribution is 5.82. The summed E-state index contributed by atoms with van der Waals surface area (Å²) >= 11 is 0. The van der Waals surface area contributed by atoms with Crippen molar-refractivity contribution in [2.45, 2.75) is 6.61 Å². The van der Waals surface area contributed by atoms with Crippen LogP contribution >= 0.6 is 0 Å². The molecule has 1 heterocycles. The maximum atomic E-state index is 10.5. The largest absolute Gasteiger partial charge is 0.486 e. The number of hydrogen-bond donors (Lipinski definition) is 2. The Labute approximate surface area is 90.9 Å². The normalized spacial score (nSPS) is 10.0.